The van der Waals surface area contributed by atoms with Crippen LogP contribution in [0.15, 0.2) is 237 Å². The molecule has 0 atom stereocenters. The van der Waals surface area contributed by atoms with Crippen LogP contribution in [0.2, 0.25) is 0 Å². The quantitative estimate of drug-likeness (QED) is 0.115. The standard InChI is InChI=1S/C63H44Ge2/c64-57-36-13-10-26-47(57)43-24-8-7-23-42(43)44-28-15-30-49-54(44)39-55-45(48-32-18-38-59-61(48)52-27-11-14-37-58(52)65-59)29-16-31-50(55)60(49)53-34-17-33-51-46-25-9-12-35-56(46)63(62(51)53,40-19-3-1-4-20-40)41-21-5-2-6-22-41/h1-39H,65H2,64H3. The van der Waals surface area contributed by atoms with Crippen LogP contribution in [-0.4, -0.2) is 31.9 Å². The van der Waals surface area contributed by atoms with Gasteiger partial charge in [0.25, 0.3) is 0 Å². The predicted molar refractivity (Wildman–Crippen MR) is 283 cm³/mol. The van der Waals surface area contributed by atoms with Gasteiger partial charge in [0.15, 0.2) is 0 Å². The monoisotopic (exact) mass is 948 g/mol. The minimum atomic E-state index is -1.13. The third-order valence-corrected chi connectivity index (χ3v) is 20.5. The normalized spacial score (nSPS) is 13.5. The number of hydrogen-bond donors (Lipinski definition) is 0. The zero-order valence-electron chi connectivity index (χ0n) is 36.2. The second-order valence-electron chi connectivity index (χ2n) is 17.8. The second-order valence-corrected chi connectivity index (χ2v) is 24.0. The van der Waals surface area contributed by atoms with Gasteiger partial charge in [-0.25, -0.2) is 0 Å². The molecule has 1 aliphatic heterocycles. The number of rotatable bonds is 6. The molecule has 0 spiro atoms. The van der Waals surface area contributed by atoms with Gasteiger partial charge in [0.1, 0.15) is 0 Å². The topological polar surface area (TPSA) is 0 Å². The van der Waals surface area contributed by atoms with Crippen molar-refractivity contribution in [3.63, 3.8) is 0 Å². The van der Waals surface area contributed by atoms with Crippen LogP contribution in [0.5, 0.6) is 0 Å². The van der Waals surface area contributed by atoms with Crippen LogP contribution in [0, 0.1) is 0 Å². The Hall–Kier alpha value is -6.97. The molecule has 0 N–H and O–H groups in total. The first kappa shape index (κ1) is 38.5. The van der Waals surface area contributed by atoms with Crippen molar-refractivity contribution in [2.24, 2.45) is 0 Å². The van der Waals surface area contributed by atoms with Gasteiger partial charge in [0.2, 0.25) is 0 Å². The van der Waals surface area contributed by atoms with E-state index >= 15 is 0 Å². The van der Waals surface area contributed by atoms with Gasteiger partial charge in [-0.15, -0.1) is 0 Å². The van der Waals surface area contributed by atoms with Crippen LogP contribution in [0.25, 0.3) is 88.3 Å². The molecule has 0 bridgehead atoms. The van der Waals surface area contributed by atoms with E-state index in [1.807, 2.05) is 0 Å². The summed E-state index contributed by atoms with van der Waals surface area (Å²) in [6.07, 6.45) is 0. The van der Waals surface area contributed by atoms with Gasteiger partial charge >= 0.3 is 349 Å². The van der Waals surface area contributed by atoms with Crippen LogP contribution in [-0.2, 0) is 5.41 Å². The Bertz CT molecular complexity index is 3660. The fraction of sp³-hybridized carbons (Fsp3) is 0.0159. The van der Waals surface area contributed by atoms with Crippen LogP contribution in [0.3, 0.4) is 0 Å². The van der Waals surface area contributed by atoms with Crippen molar-refractivity contribution in [2.75, 3.05) is 0 Å². The molecule has 0 fully saturated rings. The molecule has 65 heavy (non-hydrogen) atoms. The van der Waals surface area contributed by atoms with E-state index in [9.17, 15) is 0 Å². The van der Waals surface area contributed by atoms with E-state index in [-0.39, 0.29) is 0 Å². The molecule has 0 aromatic heterocycles. The third kappa shape index (κ3) is 5.77. The molecule has 2 heteroatoms. The Morgan fingerprint density at radius 1 is 0.292 bits per heavy atom. The van der Waals surface area contributed by atoms with E-state index in [0.717, 1.165) is 0 Å². The van der Waals surface area contributed by atoms with Gasteiger partial charge in [-0.3, -0.25) is 0 Å². The summed E-state index contributed by atoms with van der Waals surface area (Å²) in [6, 6.07) is 89.9. The molecule has 0 saturated carbocycles. The average Bonchev–Trinajstić information content (AvgIpc) is 3.91. The van der Waals surface area contributed by atoms with Gasteiger partial charge in [-0.1, -0.05) is 48.5 Å². The molecule has 2 aliphatic rings. The molecule has 11 aromatic carbocycles. The summed E-state index contributed by atoms with van der Waals surface area (Å²) >= 11 is -0.600. The summed E-state index contributed by atoms with van der Waals surface area (Å²) in [7, 11) is 0. The molecule has 304 valence electrons. The van der Waals surface area contributed by atoms with Crippen molar-refractivity contribution in [3.05, 3.63) is 259 Å². The fourth-order valence-electron chi connectivity index (χ4n) is 11.9. The molecular formula is C63H44Ge2. The maximum absolute atomic E-state index is 2.55. The molecule has 1 heterocycles. The summed E-state index contributed by atoms with van der Waals surface area (Å²) in [5.41, 5.74) is 20.5. The summed E-state index contributed by atoms with van der Waals surface area (Å²) in [5, 5.41) is 5.10. The van der Waals surface area contributed by atoms with Crippen molar-refractivity contribution in [1.29, 1.82) is 0 Å². The first-order valence-electron chi connectivity index (χ1n) is 22.9. The van der Waals surface area contributed by atoms with Gasteiger partial charge in [0.05, 0.1) is 0 Å². The first-order chi connectivity index (χ1) is 32.2. The van der Waals surface area contributed by atoms with Gasteiger partial charge in [0, 0.05) is 0 Å². The average molecular weight is 946 g/mol. The van der Waals surface area contributed by atoms with E-state index in [4.69, 9.17) is 0 Å². The number of benzene rings is 11. The van der Waals surface area contributed by atoms with Crippen molar-refractivity contribution in [2.45, 2.75) is 5.41 Å². The van der Waals surface area contributed by atoms with Crippen molar-refractivity contribution in [1.82, 2.24) is 0 Å². The van der Waals surface area contributed by atoms with E-state index < -0.39 is 20.8 Å². The number of fused-ring (bicyclic) bond motifs is 8. The van der Waals surface area contributed by atoms with Crippen molar-refractivity contribution < 1.29 is 0 Å². The molecule has 0 unspecified atom stereocenters. The molecule has 11 aromatic rings. The Morgan fingerprint density at radius 2 is 0.754 bits per heavy atom. The molecular weight excluding hydrogens is 902 g/mol. The fourth-order valence-corrected chi connectivity index (χ4v) is 17.3. The van der Waals surface area contributed by atoms with Crippen LogP contribution in [0.1, 0.15) is 22.3 Å². The van der Waals surface area contributed by atoms with Crippen LogP contribution in [0.4, 0.5) is 0 Å². The zero-order valence-corrected chi connectivity index (χ0v) is 43.4. The van der Waals surface area contributed by atoms with Gasteiger partial charge in [-0.2, -0.15) is 0 Å². The maximum atomic E-state index is 2.55. The van der Waals surface area contributed by atoms with E-state index in [1.165, 1.54) is 115 Å². The zero-order chi connectivity index (χ0) is 43.1. The minimum absolute atomic E-state index is 0.529. The number of hydrogen-bond acceptors (Lipinski definition) is 0. The van der Waals surface area contributed by atoms with Crippen LogP contribution >= 0.6 is 0 Å². The van der Waals surface area contributed by atoms with Crippen molar-refractivity contribution in [3.8, 4) is 66.8 Å². The summed E-state index contributed by atoms with van der Waals surface area (Å²) in [5.74, 6) is 0. The SMILES string of the molecule is [GeH3][c]1ccccc1-c1ccccc1-c1cccc2c(-c3cccc4c3C(c3ccccc3)(c3ccccc3)c3ccccc3-4)c3cccc(-c4ccc[c]5c4-c4cccc[c]4[GeH2]5)c3cc12. The Labute approximate surface area is 395 Å². The molecule has 0 amide bonds. The summed E-state index contributed by atoms with van der Waals surface area (Å²) in [6.45, 7) is 0. The molecule has 0 nitrogen and oxygen atoms in total. The van der Waals surface area contributed by atoms with Gasteiger partial charge in [-0.05, 0) is 0 Å². The summed E-state index contributed by atoms with van der Waals surface area (Å²) in [4.78, 5) is 0. The predicted octanol–water partition coefficient (Wildman–Crippen LogP) is 12.1. The Balaban J connectivity index is 1.20. The molecule has 0 radical (unpaired) electrons. The molecule has 1 aliphatic carbocycles. The van der Waals surface area contributed by atoms with E-state index in [0.29, 0.717) is 16.5 Å². The second kappa shape index (κ2) is 15.3. The van der Waals surface area contributed by atoms with E-state index in [1.54, 1.807) is 8.79 Å². The third-order valence-electron chi connectivity index (χ3n) is 14.5. The first-order valence-corrected chi connectivity index (χ1v) is 28.0. The van der Waals surface area contributed by atoms with Gasteiger partial charge < -0.3 is 0 Å². The van der Waals surface area contributed by atoms with Crippen molar-refractivity contribution >= 4 is 66.7 Å². The summed E-state index contributed by atoms with van der Waals surface area (Å²) < 4.78 is 4.63. The molecule has 0 saturated heterocycles. The molecule has 13 rings (SSSR count). The van der Waals surface area contributed by atoms with E-state index in [2.05, 4.69) is 237 Å². The van der Waals surface area contributed by atoms with Crippen LogP contribution < -0.4 is 13.2 Å². The Kier molecular flexibility index (Phi) is 9.08. The Morgan fingerprint density at radius 3 is 1.45 bits per heavy atom.